The van der Waals surface area contributed by atoms with Gasteiger partial charge in [-0.05, 0) is 37.8 Å². The molecular weight excluding hydrogens is 467 g/mol. The van der Waals surface area contributed by atoms with Crippen LogP contribution in [0.3, 0.4) is 0 Å². The van der Waals surface area contributed by atoms with Gasteiger partial charge in [0.2, 0.25) is 0 Å². The highest BCUT2D eigenvalue weighted by molar-refractivity contribution is 6.00. The molecule has 4 heterocycles. The summed E-state index contributed by atoms with van der Waals surface area (Å²) < 4.78 is 15.9. The van der Waals surface area contributed by atoms with Gasteiger partial charge in [0.05, 0.1) is 18.3 Å². The van der Waals surface area contributed by atoms with Gasteiger partial charge >= 0.3 is 0 Å². The summed E-state index contributed by atoms with van der Waals surface area (Å²) in [5.41, 5.74) is 0.803. The second kappa shape index (κ2) is 10.2. The summed E-state index contributed by atoms with van der Waals surface area (Å²) in [7, 11) is 1.73. The first kappa shape index (κ1) is 24.2. The second-order valence-electron chi connectivity index (χ2n) is 9.32. The van der Waals surface area contributed by atoms with E-state index < -0.39 is 6.10 Å². The number of halogens is 1. The van der Waals surface area contributed by atoms with Crippen molar-refractivity contribution >= 4 is 28.9 Å². The van der Waals surface area contributed by atoms with Crippen molar-refractivity contribution in [3.8, 4) is 0 Å². The average molecular weight is 499 g/mol. The summed E-state index contributed by atoms with van der Waals surface area (Å²) in [6, 6.07) is 5.00. The Morgan fingerprint density at radius 2 is 2.06 bits per heavy atom. The summed E-state index contributed by atoms with van der Waals surface area (Å²) >= 11 is 0. The average Bonchev–Trinajstić information content (AvgIpc) is 3.32. The van der Waals surface area contributed by atoms with Gasteiger partial charge in [-0.1, -0.05) is 0 Å². The van der Waals surface area contributed by atoms with Crippen molar-refractivity contribution in [2.45, 2.75) is 43.9 Å². The molecule has 2 atom stereocenters. The van der Waals surface area contributed by atoms with Crippen LogP contribution in [0.4, 0.5) is 21.7 Å². The van der Waals surface area contributed by atoms with Crippen molar-refractivity contribution < 1.29 is 14.3 Å². The molecule has 0 bridgehead atoms. The first-order valence-corrected chi connectivity index (χ1v) is 12.3. The molecule has 5 rings (SSSR count). The summed E-state index contributed by atoms with van der Waals surface area (Å²) in [6.45, 7) is 1.58. The Kier molecular flexibility index (Phi) is 6.88. The number of anilines is 3. The van der Waals surface area contributed by atoms with Crippen LogP contribution in [0.2, 0.25) is 0 Å². The van der Waals surface area contributed by atoms with Crippen LogP contribution >= 0.6 is 0 Å². The number of aliphatic hydroxyl groups excluding tert-OH is 1. The molecule has 1 amide bonds. The normalized spacial score (nSPS) is 20.8. The fourth-order valence-corrected chi connectivity index (χ4v) is 4.83. The van der Waals surface area contributed by atoms with Crippen molar-refractivity contribution in [1.29, 1.82) is 0 Å². The minimum Gasteiger partial charge on any atom is -0.391 e. The largest absolute Gasteiger partial charge is 0.391 e. The van der Waals surface area contributed by atoms with E-state index in [-0.39, 0.29) is 35.8 Å². The van der Waals surface area contributed by atoms with Crippen LogP contribution in [0.1, 0.15) is 42.1 Å². The van der Waals surface area contributed by atoms with Gasteiger partial charge in [0.15, 0.2) is 5.65 Å². The second-order valence-corrected chi connectivity index (χ2v) is 9.32. The molecule has 4 N–H and O–H groups in total. The molecule has 3 aromatic heterocycles. The first-order valence-electron chi connectivity index (χ1n) is 12.3. The number of rotatable bonds is 8. The van der Waals surface area contributed by atoms with Crippen LogP contribution in [0.15, 0.2) is 35.4 Å². The third kappa shape index (κ3) is 4.65. The molecule has 1 unspecified atom stereocenters. The maximum atomic E-state index is 13.3. The molecule has 36 heavy (non-hydrogen) atoms. The minimum atomic E-state index is -0.537. The van der Waals surface area contributed by atoms with Crippen molar-refractivity contribution in [2.75, 3.05) is 44.0 Å². The Morgan fingerprint density at radius 3 is 2.72 bits per heavy atom. The number of carbonyl (C=O) groups excluding carboxylic acids is 1. The van der Waals surface area contributed by atoms with Crippen molar-refractivity contribution in [2.24, 2.45) is 0 Å². The number of hydrogen-bond acceptors (Lipinski definition) is 8. The quantitative estimate of drug-likeness (QED) is 0.368. The van der Waals surface area contributed by atoms with Gasteiger partial charge in [0, 0.05) is 45.0 Å². The number of piperidine rings is 1. The topological polar surface area (TPSA) is 129 Å². The molecule has 2 aliphatic rings. The number of nitrogens with zero attached hydrogens (tertiary/aromatic N) is 5. The Bertz CT molecular complexity index is 1300. The number of pyridine rings is 1. The lowest BCUT2D eigenvalue weighted by Gasteiger charge is -2.32. The van der Waals surface area contributed by atoms with Crippen molar-refractivity contribution in [1.82, 2.24) is 29.4 Å². The van der Waals surface area contributed by atoms with E-state index in [4.69, 9.17) is 0 Å². The zero-order chi connectivity index (χ0) is 25.2. The van der Waals surface area contributed by atoms with Gasteiger partial charge in [0.25, 0.3) is 11.5 Å². The van der Waals surface area contributed by atoms with Crippen LogP contribution in [0.25, 0.3) is 5.65 Å². The van der Waals surface area contributed by atoms with E-state index in [1.54, 1.807) is 29.9 Å². The summed E-state index contributed by atoms with van der Waals surface area (Å²) in [5.74, 6) is 0.612. The van der Waals surface area contributed by atoms with Crippen LogP contribution in [-0.2, 0) is 0 Å². The number of aliphatic hydroxyl groups is 1. The lowest BCUT2D eigenvalue weighted by Crippen LogP contribution is -2.50. The number of fused-ring (bicyclic) bond motifs is 1. The molecule has 1 aliphatic carbocycles. The molecule has 192 valence electrons. The molecule has 1 saturated carbocycles. The summed E-state index contributed by atoms with van der Waals surface area (Å²) in [4.78, 5) is 32.8. The third-order valence-corrected chi connectivity index (χ3v) is 7.12. The fourth-order valence-electron chi connectivity index (χ4n) is 4.83. The molecule has 1 saturated heterocycles. The highest BCUT2D eigenvalue weighted by atomic mass is 19.1. The molecule has 12 heteroatoms. The number of hydrogen-bond donors (Lipinski definition) is 4. The van der Waals surface area contributed by atoms with E-state index in [0.717, 1.165) is 32.4 Å². The standard InChI is InChI=1S/C24H31FN8O3/c1-26-21-13-20(30-22-16(14-27-33(21)22)23(35)29-17-4-5-19(17)34)28-18-3-2-9-32(24(18)36)15-6-10-31(11-7-15)12-8-25/h2-3,9,13-15,17,19,26,34H,4-8,10-12H2,1H3,(H,28,30)(H,29,35)/t17?,19-/m1/s1. The number of alkyl halides is 1. The predicted octanol–water partition coefficient (Wildman–Crippen LogP) is 1.54. The number of aromatic nitrogens is 4. The maximum absolute atomic E-state index is 13.3. The van der Waals surface area contributed by atoms with E-state index in [2.05, 4.69) is 30.9 Å². The fraction of sp³-hybridized carbons (Fsp3) is 0.500. The van der Waals surface area contributed by atoms with Gasteiger partial charge in [0.1, 0.15) is 29.6 Å². The molecule has 0 radical (unpaired) electrons. The van der Waals surface area contributed by atoms with Crippen LogP contribution < -0.4 is 21.5 Å². The van der Waals surface area contributed by atoms with Gasteiger partial charge in [-0.2, -0.15) is 9.61 Å². The minimum absolute atomic E-state index is 0.0467. The van der Waals surface area contributed by atoms with E-state index in [1.165, 1.54) is 10.7 Å². The van der Waals surface area contributed by atoms with Gasteiger partial charge < -0.3 is 30.5 Å². The van der Waals surface area contributed by atoms with Crippen LogP contribution in [0, 0.1) is 0 Å². The molecular formula is C24H31FN8O3. The van der Waals surface area contributed by atoms with Crippen molar-refractivity contribution in [3.05, 3.63) is 46.5 Å². The monoisotopic (exact) mass is 498 g/mol. The summed E-state index contributed by atoms with van der Waals surface area (Å²) in [5, 5.41) is 23.1. The first-order chi connectivity index (χ1) is 17.5. The number of carbonyl (C=O) groups is 1. The highest BCUT2D eigenvalue weighted by Gasteiger charge is 2.31. The molecule has 3 aromatic rings. The van der Waals surface area contributed by atoms with Gasteiger partial charge in [-0.3, -0.25) is 9.59 Å². The van der Waals surface area contributed by atoms with E-state index in [1.807, 2.05) is 6.07 Å². The van der Waals surface area contributed by atoms with Gasteiger partial charge in [-0.15, -0.1) is 0 Å². The molecule has 0 spiro atoms. The third-order valence-electron chi connectivity index (χ3n) is 7.12. The van der Waals surface area contributed by atoms with E-state index in [9.17, 15) is 19.1 Å². The zero-order valence-electron chi connectivity index (χ0n) is 20.2. The SMILES string of the molecule is CNc1cc(Nc2cccn(C3CCN(CCF)CC3)c2=O)nc2c(C(=O)NC3CC[C@H]3O)cnn12. The zero-order valence-corrected chi connectivity index (χ0v) is 20.2. The lowest BCUT2D eigenvalue weighted by molar-refractivity contribution is 0.0448. The Morgan fingerprint density at radius 1 is 1.25 bits per heavy atom. The number of nitrogens with one attached hydrogen (secondary N) is 3. The van der Waals surface area contributed by atoms with Crippen molar-refractivity contribution in [3.63, 3.8) is 0 Å². The van der Waals surface area contributed by atoms with Crippen LogP contribution in [-0.4, -0.2) is 80.6 Å². The predicted molar refractivity (Wildman–Crippen MR) is 134 cm³/mol. The smallest absolute Gasteiger partial charge is 0.274 e. The Labute approximate surface area is 207 Å². The van der Waals surface area contributed by atoms with Gasteiger partial charge in [-0.25, -0.2) is 9.37 Å². The lowest BCUT2D eigenvalue weighted by atomic mass is 9.89. The highest BCUT2D eigenvalue weighted by Crippen LogP contribution is 2.24. The number of amides is 1. The molecule has 11 nitrogen and oxygen atoms in total. The molecule has 0 aromatic carbocycles. The van der Waals surface area contributed by atoms with Crippen LogP contribution in [0.5, 0.6) is 0 Å². The Hall–Kier alpha value is -3.51. The maximum Gasteiger partial charge on any atom is 0.274 e. The number of likely N-dealkylation sites (tertiary alicyclic amines) is 1. The Balaban J connectivity index is 1.40. The van der Waals surface area contributed by atoms with E-state index in [0.29, 0.717) is 35.9 Å². The molecule has 1 aliphatic heterocycles. The molecule has 2 fully saturated rings. The van der Waals surface area contributed by atoms with E-state index >= 15 is 0 Å². The summed E-state index contributed by atoms with van der Waals surface area (Å²) in [6.07, 6.45) is 5.64.